The zero-order chi connectivity index (χ0) is 19.2. The molecule has 0 spiro atoms. The number of aromatic nitrogens is 1. The van der Waals surface area contributed by atoms with Crippen molar-refractivity contribution in [1.29, 1.82) is 0 Å². The number of aliphatic carboxylic acids is 1. The molecule has 138 valence electrons. The molecule has 0 aliphatic rings. The van der Waals surface area contributed by atoms with E-state index in [1.807, 2.05) is 18.3 Å². The molecule has 25 heavy (non-hydrogen) atoms. The summed E-state index contributed by atoms with van der Waals surface area (Å²) in [5.74, 6) is -3.57. The molecule has 5 nitrogen and oxygen atoms in total. The van der Waals surface area contributed by atoms with E-state index in [-0.39, 0.29) is 0 Å². The van der Waals surface area contributed by atoms with Gasteiger partial charge < -0.3 is 15.4 Å². The van der Waals surface area contributed by atoms with Crippen molar-refractivity contribution in [3.05, 3.63) is 35.0 Å². The number of aromatic amines is 1. The van der Waals surface area contributed by atoms with Gasteiger partial charge in [0.25, 0.3) is 11.5 Å². The highest BCUT2D eigenvalue weighted by Crippen LogP contribution is 2.22. The van der Waals surface area contributed by atoms with Crippen molar-refractivity contribution in [2.24, 2.45) is 0 Å². The van der Waals surface area contributed by atoms with Gasteiger partial charge in [0, 0.05) is 28.7 Å². The molecule has 0 fully saturated rings. The summed E-state index contributed by atoms with van der Waals surface area (Å²) in [6, 6.07) is 5.54. The summed E-state index contributed by atoms with van der Waals surface area (Å²) in [7, 11) is 0. The van der Waals surface area contributed by atoms with E-state index < -0.39 is 23.7 Å². The van der Waals surface area contributed by atoms with E-state index in [1.54, 1.807) is 6.07 Å². The SMILES string of the molecule is O=C(NCCc1c[nH]c2ccc(Cl)cc12)C(F)Cl.O=C(O)C(F)(F)F. The number of nitrogens with one attached hydrogen (secondary N) is 2. The fourth-order valence-corrected chi connectivity index (χ4v) is 2.00. The van der Waals surface area contributed by atoms with Crippen molar-refractivity contribution < 1.29 is 32.3 Å². The van der Waals surface area contributed by atoms with Gasteiger partial charge in [0.05, 0.1) is 0 Å². The summed E-state index contributed by atoms with van der Waals surface area (Å²) in [5, 5.41) is 11.2. The van der Waals surface area contributed by atoms with Gasteiger partial charge in [-0.2, -0.15) is 13.2 Å². The number of H-pyrrole nitrogens is 1. The highest BCUT2D eigenvalue weighted by Gasteiger charge is 2.38. The van der Waals surface area contributed by atoms with E-state index in [0.717, 1.165) is 16.5 Å². The highest BCUT2D eigenvalue weighted by atomic mass is 35.5. The lowest BCUT2D eigenvalue weighted by Gasteiger charge is -2.04. The van der Waals surface area contributed by atoms with Crippen molar-refractivity contribution in [3.63, 3.8) is 0 Å². The molecule has 1 heterocycles. The van der Waals surface area contributed by atoms with Crippen LogP contribution in [0.25, 0.3) is 10.9 Å². The van der Waals surface area contributed by atoms with Gasteiger partial charge in [0.2, 0.25) is 0 Å². The summed E-state index contributed by atoms with van der Waals surface area (Å²) < 4.78 is 44.1. The van der Waals surface area contributed by atoms with Gasteiger partial charge in [-0.15, -0.1) is 0 Å². The van der Waals surface area contributed by atoms with Crippen LogP contribution < -0.4 is 5.32 Å². The molecule has 0 aliphatic carbocycles. The number of alkyl halides is 5. The summed E-state index contributed by atoms with van der Waals surface area (Å²) in [4.78, 5) is 22.9. The van der Waals surface area contributed by atoms with Crippen molar-refractivity contribution in [3.8, 4) is 0 Å². The smallest absolute Gasteiger partial charge is 0.475 e. The molecule has 1 amide bonds. The molecule has 2 rings (SSSR count). The maximum atomic E-state index is 12.4. The predicted octanol–water partition coefficient (Wildman–Crippen LogP) is 3.65. The molecule has 1 aromatic carbocycles. The fraction of sp³-hybridized carbons (Fsp3) is 0.286. The normalized spacial score (nSPS) is 12.2. The van der Waals surface area contributed by atoms with Gasteiger partial charge in [-0.1, -0.05) is 23.2 Å². The van der Waals surface area contributed by atoms with Crippen LogP contribution in [0.4, 0.5) is 17.6 Å². The standard InChI is InChI=1S/C12H11Cl2FN2O.C2HF3O2/c13-8-1-2-10-9(5-8)7(6-17-10)3-4-16-12(18)11(14)15;3-2(4,5)1(6)7/h1-2,5-6,11,17H,3-4H2,(H,16,18);(H,6,7). The largest absolute Gasteiger partial charge is 0.490 e. The van der Waals surface area contributed by atoms with Crippen molar-refractivity contribution in [1.82, 2.24) is 10.3 Å². The molecule has 1 aromatic heterocycles. The van der Waals surface area contributed by atoms with Gasteiger partial charge in [0.15, 0.2) is 0 Å². The molecule has 1 unspecified atom stereocenters. The van der Waals surface area contributed by atoms with E-state index in [1.165, 1.54) is 0 Å². The van der Waals surface area contributed by atoms with Crippen LogP contribution in [-0.2, 0) is 16.0 Å². The molecular weight excluding hydrogens is 391 g/mol. The molecule has 1 atom stereocenters. The molecule has 0 saturated carbocycles. The summed E-state index contributed by atoms with van der Waals surface area (Å²) >= 11 is 10.9. The van der Waals surface area contributed by atoms with Crippen molar-refractivity contribution in [2.45, 2.75) is 18.2 Å². The van der Waals surface area contributed by atoms with Gasteiger partial charge in [-0.05, 0) is 30.2 Å². The van der Waals surface area contributed by atoms with Crippen LogP contribution in [-0.4, -0.2) is 40.3 Å². The van der Waals surface area contributed by atoms with Crippen LogP contribution in [0, 0.1) is 0 Å². The number of carboxylic acids is 1. The Kier molecular flexibility index (Phi) is 7.50. The number of fused-ring (bicyclic) bond motifs is 1. The van der Waals surface area contributed by atoms with Crippen LogP contribution in [0.2, 0.25) is 5.02 Å². The lowest BCUT2D eigenvalue weighted by molar-refractivity contribution is -0.192. The minimum atomic E-state index is -5.08. The Morgan fingerprint density at radius 3 is 2.44 bits per heavy atom. The average Bonchev–Trinajstić information content (AvgIpc) is 2.89. The number of carboxylic acid groups (broad SMARTS) is 1. The summed E-state index contributed by atoms with van der Waals surface area (Å²) in [6.45, 7) is 0.325. The monoisotopic (exact) mass is 402 g/mol. The van der Waals surface area contributed by atoms with E-state index >= 15 is 0 Å². The zero-order valence-electron chi connectivity index (χ0n) is 12.3. The third-order valence-corrected chi connectivity index (χ3v) is 3.30. The molecule has 11 heteroatoms. The zero-order valence-corrected chi connectivity index (χ0v) is 13.8. The van der Waals surface area contributed by atoms with Gasteiger partial charge >= 0.3 is 12.1 Å². The van der Waals surface area contributed by atoms with E-state index in [4.69, 9.17) is 33.1 Å². The summed E-state index contributed by atoms with van der Waals surface area (Å²) in [5.41, 5.74) is -0.0124. The number of hydrogen-bond acceptors (Lipinski definition) is 2. The van der Waals surface area contributed by atoms with E-state index in [0.29, 0.717) is 18.0 Å². The van der Waals surface area contributed by atoms with E-state index in [9.17, 15) is 22.4 Å². The minimum Gasteiger partial charge on any atom is -0.475 e. The molecule has 0 radical (unpaired) electrons. The third kappa shape index (κ3) is 6.79. The molecule has 0 saturated heterocycles. The first kappa shape index (κ1) is 21.0. The number of benzene rings is 1. The number of halogens is 6. The van der Waals surface area contributed by atoms with Gasteiger partial charge in [-0.3, -0.25) is 4.79 Å². The average molecular weight is 403 g/mol. The highest BCUT2D eigenvalue weighted by molar-refractivity contribution is 6.31. The van der Waals surface area contributed by atoms with Crippen LogP contribution in [0.5, 0.6) is 0 Å². The lowest BCUT2D eigenvalue weighted by Crippen LogP contribution is -2.30. The third-order valence-electron chi connectivity index (χ3n) is 2.86. The Balaban J connectivity index is 0.000000381. The van der Waals surface area contributed by atoms with E-state index in [2.05, 4.69) is 10.3 Å². The Morgan fingerprint density at radius 2 is 1.92 bits per heavy atom. The number of hydrogen-bond donors (Lipinski definition) is 3. The second-order valence-electron chi connectivity index (χ2n) is 4.65. The Bertz CT molecular complexity index is 747. The Morgan fingerprint density at radius 1 is 1.32 bits per heavy atom. The first-order valence-corrected chi connectivity index (χ1v) is 7.45. The first-order chi connectivity index (χ1) is 11.5. The summed E-state index contributed by atoms with van der Waals surface area (Å²) in [6.07, 6.45) is -2.66. The maximum Gasteiger partial charge on any atom is 0.490 e. The lowest BCUT2D eigenvalue weighted by atomic mass is 10.1. The van der Waals surface area contributed by atoms with Crippen LogP contribution in [0.3, 0.4) is 0 Å². The molecular formula is C14H12Cl2F4N2O3. The second-order valence-corrected chi connectivity index (χ2v) is 5.47. The Hall–Kier alpha value is -2.00. The Labute approximate surface area is 148 Å². The quantitative estimate of drug-likeness (QED) is 0.539. The molecule has 0 bridgehead atoms. The molecule has 0 aliphatic heterocycles. The number of amides is 1. The minimum absolute atomic E-state index is 0.325. The maximum absolute atomic E-state index is 12.4. The topological polar surface area (TPSA) is 82.2 Å². The molecule has 2 aromatic rings. The van der Waals surface area contributed by atoms with Crippen LogP contribution in [0.1, 0.15) is 5.56 Å². The van der Waals surface area contributed by atoms with Gasteiger partial charge in [-0.25, -0.2) is 9.18 Å². The van der Waals surface area contributed by atoms with Crippen molar-refractivity contribution >= 4 is 46.0 Å². The molecule has 3 N–H and O–H groups in total. The second kappa shape index (κ2) is 8.91. The van der Waals surface area contributed by atoms with Gasteiger partial charge in [0.1, 0.15) is 0 Å². The predicted molar refractivity (Wildman–Crippen MR) is 84.5 cm³/mol. The van der Waals surface area contributed by atoms with Crippen molar-refractivity contribution in [2.75, 3.05) is 6.54 Å². The number of carbonyl (C=O) groups is 2. The number of carbonyl (C=O) groups excluding carboxylic acids is 1. The first-order valence-electron chi connectivity index (χ1n) is 6.64. The van der Waals surface area contributed by atoms with Crippen LogP contribution in [0.15, 0.2) is 24.4 Å². The number of rotatable bonds is 4. The fourth-order valence-electron chi connectivity index (χ4n) is 1.75. The van der Waals surface area contributed by atoms with Crippen LogP contribution >= 0.6 is 23.2 Å².